The van der Waals surface area contributed by atoms with E-state index in [2.05, 4.69) is 43.9 Å². The molecule has 0 aliphatic heterocycles. The summed E-state index contributed by atoms with van der Waals surface area (Å²) in [6.45, 7) is 13.9. The molecule has 0 spiro atoms. The maximum atomic E-state index is 6.27. The molecule has 5 nitrogen and oxygen atoms in total. The van der Waals surface area contributed by atoms with E-state index in [1.165, 1.54) is 6.33 Å². The molecular weight excluding hydrogens is 268 g/mol. The minimum atomic E-state index is -1.75. The summed E-state index contributed by atoms with van der Waals surface area (Å²) in [5, 5.41) is 4.44. The molecule has 0 unspecified atom stereocenters. The second-order valence-electron chi connectivity index (χ2n) is 6.75. The average molecular weight is 292 g/mol. The van der Waals surface area contributed by atoms with Crippen LogP contribution in [0.5, 0.6) is 0 Å². The van der Waals surface area contributed by atoms with Gasteiger partial charge in [-0.1, -0.05) is 20.8 Å². The maximum Gasteiger partial charge on any atom is 0.192 e. The van der Waals surface area contributed by atoms with E-state index in [0.717, 1.165) is 16.8 Å². The Bertz CT molecular complexity index is 628. The minimum absolute atomic E-state index is 0.207. The largest absolute Gasteiger partial charge is 0.412 e. The van der Waals surface area contributed by atoms with Crippen LogP contribution >= 0.6 is 0 Å². The molecule has 0 aromatic carbocycles. The van der Waals surface area contributed by atoms with Gasteiger partial charge in [-0.2, -0.15) is 5.10 Å². The molecule has 6 heteroatoms. The van der Waals surface area contributed by atoms with Gasteiger partial charge in [0.25, 0.3) is 0 Å². The summed E-state index contributed by atoms with van der Waals surface area (Å²) >= 11 is 0. The second kappa shape index (κ2) is 4.86. The van der Waals surface area contributed by atoms with Crippen molar-refractivity contribution in [2.24, 2.45) is 0 Å². The van der Waals surface area contributed by atoms with Crippen LogP contribution in [0, 0.1) is 6.92 Å². The molecule has 0 aliphatic rings. The topological polar surface area (TPSA) is 65.4 Å². The number of nitrogen functional groups attached to an aromatic ring is 1. The highest BCUT2D eigenvalue weighted by molar-refractivity contribution is 6.74. The molecule has 20 heavy (non-hydrogen) atoms. The van der Waals surface area contributed by atoms with E-state index >= 15 is 0 Å². The molecule has 0 amide bonds. The number of aromatic nitrogens is 3. The van der Waals surface area contributed by atoms with Gasteiger partial charge in [0.2, 0.25) is 0 Å². The van der Waals surface area contributed by atoms with Crippen LogP contribution in [0.25, 0.3) is 5.52 Å². The Morgan fingerprint density at radius 2 is 2.00 bits per heavy atom. The van der Waals surface area contributed by atoms with Gasteiger partial charge >= 0.3 is 0 Å². The van der Waals surface area contributed by atoms with Gasteiger partial charge < -0.3 is 10.2 Å². The van der Waals surface area contributed by atoms with E-state index in [4.69, 9.17) is 10.2 Å². The highest BCUT2D eigenvalue weighted by atomic mass is 28.4. The van der Waals surface area contributed by atoms with Gasteiger partial charge in [-0.15, -0.1) is 0 Å². The summed E-state index contributed by atoms with van der Waals surface area (Å²) in [5.74, 6) is 0.502. The zero-order valence-electron chi connectivity index (χ0n) is 13.2. The van der Waals surface area contributed by atoms with E-state index in [9.17, 15) is 0 Å². The number of rotatable bonds is 3. The summed E-state index contributed by atoms with van der Waals surface area (Å²) in [4.78, 5) is 4.02. The SMILES string of the molecule is Cc1c(CO[Si](C)(C)C(C)(C)C)cc2c(N)ncnn12. The normalized spacial score (nSPS) is 13.1. The van der Waals surface area contributed by atoms with Gasteiger partial charge in [0, 0.05) is 5.69 Å². The number of fused-ring (bicyclic) bond motifs is 1. The average Bonchev–Trinajstić information content (AvgIpc) is 2.65. The Balaban J connectivity index is 2.28. The molecule has 0 fully saturated rings. The van der Waals surface area contributed by atoms with Crippen molar-refractivity contribution in [2.45, 2.75) is 52.4 Å². The first-order chi connectivity index (χ1) is 9.13. The highest BCUT2D eigenvalue weighted by Gasteiger charge is 2.37. The van der Waals surface area contributed by atoms with E-state index < -0.39 is 8.32 Å². The maximum absolute atomic E-state index is 6.27. The third kappa shape index (κ3) is 2.58. The summed E-state index contributed by atoms with van der Waals surface area (Å²) in [7, 11) is -1.75. The molecule has 2 N–H and O–H groups in total. The fourth-order valence-corrected chi connectivity index (χ4v) is 2.75. The minimum Gasteiger partial charge on any atom is -0.412 e. The summed E-state index contributed by atoms with van der Waals surface area (Å²) in [6.07, 6.45) is 1.48. The summed E-state index contributed by atoms with van der Waals surface area (Å²) in [6, 6.07) is 2.03. The Labute approximate surface area is 121 Å². The van der Waals surface area contributed by atoms with E-state index in [1.54, 1.807) is 0 Å². The van der Waals surface area contributed by atoms with Crippen LogP contribution in [-0.4, -0.2) is 22.9 Å². The van der Waals surface area contributed by atoms with Crippen LogP contribution < -0.4 is 5.73 Å². The number of anilines is 1. The highest BCUT2D eigenvalue weighted by Crippen LogP contribution is 2.37. The lowest BCUT2D eigenvalue weighted by molar-refractivity contribution is 0.275. The van der Waals surface area contributed by atoms with Crippen LogP contribution in [0.3, 0.4) is 0 Å². The first-order valence-electron chi connectivity index (χ1n) is 6.85. The smallest absolute Gasteiger partial charge is 0.192 e. The summed E-state index contributed by atoms with van der Waals surface area (Å²) < 4.78 is 8.09. The van der Waals surface area contributed by atoms with Crippen molar-refractivity contribution in [3.05, 3.63) is 23.7 Å². The standard InChI is InChI=1S/C14H24N4OSi/c1-10-11(8-19-20(5,6)14(2,3)4)7-12-13(15)16-9-17-18(10)12/h7,9H,8H2,1-6H3,(H2,15,16,17). The molecule has 0 radical (unpaired) electrons. The van der Waals surface area contributed by atoms with E-state index in [1.807, 2.05) is 17.5 Å². The van der Waals surface area contributed by atoms with Crippen LogP contribution in [0.1, 0.15) is 32.0 Å². The number of nitrogens with two attached hydrogens (primary N) is 1. The van der Waals surface area contributed by atoms with Crippen molar-refractivity contribution in [2.75, 3.05) is 5.73 Å². The lowest BCUT2D eigenvalue weighted by atomic mass is 10.2. The third-order valence-electron chi connectivity index (χ3n) is 4.34. The first kappa shape index (κ1) is 15.0. The van der Waals surface area contributed by atoms with Crippen molar-refractivity contribution in [3.8, 4) is 0 Å². The number of nitrogens with zero attached hydrogens (tertiary/aromatic N) is 3. The molecule has 0 bridgehead atoms. The summed E-state index contributed by atoms with van der Waals surface area (Å²) in [5.41, 5.74) is 8.92. The molecule has 2 heterocycles. The molecule has 110 valence electrons. The van der Waals surface area contributed by atoms with Crippen molar-refractivity contribution >= 4 is 19.7 Å². The van der Waals surface area contributed by atoms with Crippen LogP contribution in [0.4, 0.5) is 5.82 Å². The molecule has 0 saturated carbocycles. The third-order valence-corrected chi connectivity index (χ3v) is 8.82. The molecule has 0 aliphatic carbocycles. The molecule has 0 saturated heterocycles. The Morgan fingerprint density at radius 3 is 2.55 bits per heavy atom. The molecular formula is C14H24N4OSi. The monoisotopic (exact) mass is 292 g/mol. The van der Waals surface area contributed by atoms with Crippen LogP contribution in [-0.2, 0) is 11.0 Å². The van der Waals surface area contributed by atoms with Gasteiger partial charge in [-0.3, -0.25) is 0 Å². The Hall–Kier alpha value is -1.40. The Kier molecular flexibility index (Phi) is 3.64. The lowest BCUT2D eigenvalue weighted by Crippen LogP contribution is -2.40. The van der Waals surface area contributed by atoms with E-state index in [0.29, 0.717) is 12.4 Å². The predicted octanol–water partition coefficient (Wildman–Crippen LogP) is 3.14. The van der Waals surface area contributed by atoms with E-state index in [-0.39, 0.29) is 5.04 Å². The quantitative estimate of drug-likeness (QED) is 0.883. The van der Waals surface area contributed by atoms with Gasteiger partial charge in [0.05, 0.1) is 6.61 Å². The van der Waals surface area contributed by atoms with Crippen molar-refractivity contribution < 1.29 is 4.43 Å². The van der Waals surface area contributed by atoms with Crippen molar-refractivity contribution in [3.63, 3.8) is 0 Å². The van der Waals surface area contributed by atoms with Crippen molar-refractivity contribution in [1.82, 2.24) is 14.6 Å². The van der Waals surface area contributed by atoms with Gasteiger partial charge in [-0.05, 0) is 36.7 Å². The number of aryl methyl sites for hydroxylation is 1. The van der Waals surface area contributed by atoms with Gasteiger partial charge in [-0.25, -0.2) is 9.50 Å². The fourth-order valence-electron chi connectivity index (χ4n) is 1.81. The van der Waals surface area contributed by atoms with Crippen molar-refractivity contribution in [1.29, 1.82) is 0 Å². The zero-order valence-corrected chi connectivity index (χ0v) is 14.2. The zero-order chi connectivity index (χ0) is 15.1. The van der Waals surface area contributed by atoms with Gasteiger partial charge in [0.1, 0.15) is 11.8 Å². The molecule has 2 aromatic rings. The number of hydrogen-bond donors (Lipinski definition) is 1. The molecule has 0 atom stereocenters. The second-order valence-corrected chi connectivity index (χ2v) is 11.6. The lowest BCUT2D eigenvalue weighted by Gasteiger charge is -2.36. The molecule has 2 rings (SSSR count). The van der Waals surface area contributed by atoms with Gasteiger partial charge in [0.15, 0.2) is 14.1 Å². The predicted molar refractivity (Wildman–Crippen MR) is 84.1 cm³/mol. The Morgan fingerprint density at radius 1 is 1.35 bits per heavy atom. The molecule has 2 aromatic heterocycles. The fraction of sp³-hybridized carbons (Fsp3) is 0.571. The van der Waals surface area contributed by atoms with Crippen LogP contribution in [0.15, 0.2) is 12.4 Å². The number of hydrogen-bond acceptors (Lipinski definition) is 4. The first-order valence-corrected chi connectivity index (χ1v) is 9.76. The van der Waals surface area contributed by atoms with Crippen LogP contribution in [0.2, 0.25) is 18.1 Å².